The third kappa shape index (κ3) is 7.32. The van der Waals surface area contributed by atoms with Crippen LogP contribution in [0.4, 0.5) is 0 Å². The van der Waals surface area contributed by atoms with Gasteiger partial charge < -0.3 is 47.4 Å². The molecular formula is C31H47N5O8. The quantitative estimate of drug-likeness (QED) is 0.132. The van der Waals surface area contributed by atoms with Gasteiger partial charge in [-0.2, -0.15) is 0 Å². The van der Waals surface area contributed by atoms with Crippen LogP contribution in [-0.2, 0) is 33.5 Å². The number of nitrogens with zero attached hydrogens (tertiary/aromatic N) is 2. The highest BCUT2D eigenvalue weighted by molar-refractivity contribution is 5.89. The van der Waals surface area contributed by atoms with Crippen LogP contribution < -0.4 is 16.8 Å². The highest BCUT2D eigenvalue weighted by Gasteiger charge is 2.42. The van der Waals surface area contributed by atoms with Gasteiger partial charge in [0.05, 0.1) is 26.4 Å². The molecule has 44 heavy (non-hydrogen) atoms. The topological polar surface area (TPSA) is 226 Å². The van der Waals surface area contributed by atoms with E-state index in [1.165, 1.54) is 0 Å². The molecule has 1 aliphatic rings. The molecule has 0 aromatic heterocycles. The summed E-state index contributed by atoms with van der Waals surface area (Å²) < 4.78 is 0. The number of primary amides is 2. The Morgan fingerprint density at radius 1 is 0.705 bits per heavy atom. The van der Waals surface area contributed by atoms with Gasteiger partial charge in [-0.3, -0.25) is 19.4 Å². The van der Waals surface area contributed by atoms with E-state index in [0.717, 1.165) is 17.5 Å². The van der Waals surface area contributed by atoms with Gasteiger partial charge in [0.15, 0.2) is 0 Å². The molecule has 0 atom stereocenters. The second kappa shape index (κ2) is 15.1. The van der Waals surface area contributed by atoms with Crippen molar-refractivity contribution >= 4 is 11.8 Å². The summed E-state index contributed by atoms with van der Waals surface area (Å²) in [7, 11) is 0. The van der Waals surface area contributed by atoms with Crippen LogP contribution in [0.3, 0.4) is 0 Å². The Labute approximate surface area is 257 Å². The molecule has 0 bridgehead atoms. The molecule has 13 heteroatoms. The fourth-order valence-corrected chi connectivity index (χ4v) is 5.84. The standard InChI is InChI=1S/C31H47N5O8/c1-20-10-22(26(41)24(12-20)30(16-37,17-38)28(32)43)14-35-6-3-7-36(9-5-34-4-8-35)15-23-11-21(2)13-25(27(23)42)31(18-39,19-40)29(33)44/h10-13,34,37-42H,3-9,14-19H2,1-2H3,(H2,32,43)(H2,33,44). The number of hydrogen-bond acceptors (Lipinski definition) is 11. The fourth-order valence-electron chi connectivity index (χ4n) is 5.84. The van der Waals surface area contributed by atoms with Gasteiger partial charge in [0.25, 0.3) is 0 Å². The van der Waals surface area contributed by atoms with Gasteiger partial charge in [-0.15, -0.1) is 0 Å². The number of aromatic hydroxyl groups is 2. The number of phenols is 2. The maximum atomic E-state index is 12.2. The lowest BCUT2D eigenvalue weighted by atomic mass is 9.79. The number of nitrogens with one attached hydrogen (secondary N) is 1. The minimum Gasteiger partial charge on any atom is -0.507 e. The highest BCUT2D eigenvalue weighted by Crippen LogP contribution is 2.37. The molecule has 0 radical (unpaired) electrons. The zero-order valence-electron chi connectivity index (χ0n) is 25.6. The molecule has 2 aromatic carbocycles. The number of benzene rings is 2. The largest absolute Gasteiger partial charge is 0.507 e. The molecule has 1 heterocycles. The summed E-state index contributed by atoms with van der Waals surface area (Å²) in [5.41, 5.74) is 10.2. The van der Waals surface area contributed by atoms with Gasteiger partial charge in [-0.25, -0.2) is 0 Å². The Hall–Kier alpha value is -3.30. The highest BCUT2D eigenvalue weighted by atomic mass is 16.3. The second-order valence-electron chi connectivity index (χ2n) is 11.8. The molecule has 0 spiro atoms. The number of aliphatic hydroxyl groups excluding tert-OH is 4. The van der Waals surface area contributed by atoms with Crippen molar-refractivity contribution in [3.63, 3.8) is 0 Å². The second-order valence-corrected chi connectivity index (χ2v) is 11.8. The molecule has 13 nitrogen and oxygen atoms in total. The van der Waals surface area contributed by atoms with Gasteiger partial charge in [-0.1, -0.05) is 35.4 Å². The van der Waals surface area contributed by atoms with Crippen LogP contribution in [0.25, 0.3) is 0 Å². The normalized spacial score (nSPS) is 16.1. The monoisotopic (exact) mass is 617 g/mol. The van der Waals surface area contributed by atoms with Crippen molar-refractivity contribution in [1.29, 1.82) is 0 Å². The minimum atomic E-state index is -1.81. The Bertz CT molecular complexity index is 1210. The van der Waals surface area contributed by atoms with Crippen molar-refractivity contribution in [3.05, 3.63) is 57.6 Å². The molecule has 244 valence electrons. The molecule has 0 saturated carbocycles. The Kier molecular flexibility index (Phi) is 12.1. The van der Waals surface area contributed by atoms with E-state index in [2.05, 4.69) is 15.1 Å². The first-order valence-corrected chi connectivity index (χ1v) is 14.7. The zero-order chi connectivity index (χ0) is 32.7. The predicted molar refractivity (Wildman–Crippen MR) is 164 cm³/mol. The van der Waals surface area contributed by atoms with Crippen LogP contribution in [0.15, 0.2) is 24.3 Å². The zero-order valence-corrected chi connectivity index (χ0v) is 25.6. The van der Waals surface area contributed by atoms with Crippen LogP contribution in [0, 0.1) is 13.8 Å². The van der Waals surface area contributed by atoms with E-state index in [1.807, 2.05) is 0 Å². The van der Waals surface area contributed by atoms with Crippen molar-refractivity contribution < 1.29 is 40.2 Å². The first-order chi connectivity index (χ1) is 20.9. The third-order valence-electron chi connectivity index (χ3n) is 8.67. The molecule has 2 amide bonds. The van der Waals surface area contributed by atoms with Crippen molar-refractivity contribution in [3.8, 4) is 11.5 Å². The smallest absolute Gasteiger partial charge is 0.232 e. The van der Waals surface area contributed by atoms with Crippen molar-refractivity contribution in [1.82, 2.24) is 15.1 Å². The summed E-state index contributed by atoms with van der Waals surface area (Å²) >= 11 is 0. The van der Waals surface area contributed by atoms with Crippen molar-refractivity contribution in [2.24, 2.45) is 11.5 Å². The van der Waals surface area contributed by atoms with Crippen LogP contribution in [0.1, 0.15) is 39.8 Å². The van der Waals surface area contributed by atoms with E-state index < -0.39 is 49.1 Å². The van der Waals surface area contributed by atoms with Crippen LogP contribution in [-0.4, -0.2) is 118 Å². The van der Waals surface area contributed by atoms with Crippen LogP contribution in [0.5, 0.6) is 11.5 Å². The predicted octanol–water partition coefficient (Wildman–Crippen LogP) is -1.57. The molecule has 1 aliphatic heterocycles. The summed E-state index contributed by atoms with van der Waals surface area (Å²) in [5.74, 6) is -2.24. The molecule has 1 saturated heterocycles. The van der Waals surface area contributed by atoms with E-state index in [-0.39, 0.29) is 22.6 Å². The van der Waals surface area contributed by atoms with Gasteiger partial charge in [-0.05, 0) is 33.4 Å². The molecule has 0 unspecified atom stereocenters. The first kappa shape index (κ1) is 35.2. The number of carbonyl (C=O) groups excluding carboxylic acids is 2. The number of carbonyl (C=O) groups is 2. The number of rotatable bonds is 12. The van der Waals surface area contributed by atoms with E-state index >= 15 is 0 Å². The van der Waals surface area contributed by atoms with Gasteiger partial charge in [0.1, 0.15) is 22.3 Å². The third-order valence-corrected chi connectivity index (χ3v) is 8.67. The average molecular weight is 618 g/mol. The van der Waals surface area contributed by atoms with E-state index in [0.29, 0.717) is 63.5 Å². The average Bonchev–Trinajstić information content (AvgIpc) is 2.98. The lowest BCUT2D eigenvalue weighted by Gasteiger charge is -2.31. The molecule has 11 N–H and O–H groups in total. The van der Waals surface area contributed by atoms with Crippen LogP contribution in [0.2, 0.25) is 0 Å². The Morgan fingerprint density at radius 3 is 1.39 bits per heavy atom. The first-order valence-electron chi connectivity index (χ1n) is 14.7. The summed E-state index contributed by atoms with van der Waals surface area (Å²) in [5, 5.41) is 65.6. The minimum absolute atomic E-state index is 0.0930. The number of aliphatic hydroxyl groups is 4. The lowest BCUT2D eigenvalue weighted by molar-refractivity contribution is -0.127. The number of amides is 2. The number of nitrogens with two attached hydrogens (primary N) is 2. The van der Waals surface area contributed by atoms with Crippen LogP contribution >= 0.6 is 0 Å². The van der Waals surface area contributed by atoms with E-state index in [4.69, 9.17) is 11.5 Å². The SMILES string of the molecule is Cc1cc(CN2CCCN(Cc3cc(C)cc(C(CO)(CO)C(N)=O)c3O)CCNCC2)c(O)c(C(CO)(CO)C(N)=O)c1. The van der Waals surface area contributed by atoms with Gasteiger partial charge in [0.2, 0.25) is 11.8 Å². The Morgan fingerprint density at radius 2 is 1.07 bits per heavy atom. The summed E-state index contributed by atoms with van der Waals surface area (Å²) in [6.45, 7) is 5.33. The van der Waals surface area contributed by atoms with Gasteiger partial charge in [0, 0.05) is 61.5 Å². The fraction of sp³-hybridized carbons (Fsp3) is 0.548. The maximum Gasteiger partial charge on any atom is 0.232 e. The Balaban J connectivity index is 1.81. The van der Waals surface area contributed by atoms with Gasteiger partial charge >= 0.3 is 0 Å². The molecule has 3 rings (SSSR count). The molecule has 0 aliphatic carbocycles. The van der Waals surface area contributed by atoms with Crippen molar-refractivity contribution in [2.45, 2.75) is 44.2 Å². The molecular weight excluding hydrogens is 570 g/mol. The van der Waals surface area contributed by atoms with Crippen molar-refractivity contribution in [2.75, 3.05) is 65.7 Å². The summed E-state index contributed by atoms with van der Waals surface area (Å²) in [4.78, 5) is 28.8. The maximum absolute atomic E-state index is 12.2. The van der Waals surface area contributed by atoms with E-state index in [9.17, 15) is 40.2 Å². The number of aryl methyl sites for hydroxylation is 2. The summed E-state index contributed by atoms with van der Waals surface area (Å²) in [6.07, 6.45) is 0.746. The summed E-state index contributed by atoms with van der Waals surface area (Å²) in [6, 6.07) is 6.72. The lowest BCUT2D eigenvalue weighted by Crippen LogP contribution is -2.47. The number of hydrogen-bond donors (Lipinski definition) is 9. The molecule has 2 aromatic rings. The molecule has 1 fully saturated rings. The van der Waals surface area contributed by atoms with E-state index in [1.54, 1.807) is 38.1 Å². The number of phenolic OH excluding ortho intramolecular Hbond substituents is 2.